The molecule has 0 saturated carbocycles. The van der Waals surface area contributed by atoms with Gasteiger partial charge in [0.15, 0.2) is 0 Å². The highest BCUT2D eigenvalue weighted by molar-refractivity contribution is 7.18. The van der Waals surface area contributed by atoms with Crippen LogP contribution in [0.15, 0.2) is 36.4 Å². The van der Waals surface area contributed by atoms with Crippen LogP contribution in [0.2, 0.25) is 0 Å². The molecule has 1 unspecified atom stereocenters. The fourth-order valence-corrected chi connectivity index (χ4v) is 3.47. The zero-order chi connectivity index (χ0) is 16.4. The van der Waals surface area contributed by atoms with Gasteiger partial charge in [0.05, 0.1) is 26.5 Å². The van der Waals surface area contributed by atoms with Crippen molar-refractivity contribution in [3.05, 3.63) is 58.4 Å². The fraction of sp³-hybridized carbons (Fsp3) is 0.278. The first kappa shape index (κ1) is 15.6. The molecule has 23 heavy (non-hydrogen) atoms. The Hall–Kier alpha value is -2.27. The molecule has 118 valence electrons. The lowest BCUT2D eigenvalue weighted by molar-refractivity contribution is 0.0950. The Morgan fingerprint density at radius 2 is 1.96 bits per heavy atom. The molecule has 0 bridgehead atoms. The van der Waals surface area contributed by atoms with E-state index in [0.717, 1.165) is 21.9 Å². The van der Waals surface area contributed by atoms with Gasteiger partial charge in [-0.3, -0.25) is 9.78 Å². The summed E-state index contributed by atoms with van der Waals surface area (Å²) in [5.41, 5.74) is 3.33. The minimum absolute atomic E-state index is 0.0806. The van der Waals surface area contributed by atoms with Gasteiger partial charge in [-0.2, -0.15) is 0 Å². The summed E-state index contributed by atoms with van der Waals surface area (Å²) < 4.78 is 1.18. The summed E-state index contributed by atoms with van der Waals surface area (Å²) >= 11 is 1.68. The summed E-state index contributed by atoms with van der Waals surface area (Å²) in [5.74, 6) is 0.0954. The third kappa shape index (κ3) is 3.40. The summed E-state index contributed by atoms with van der Waals surface area (Å²) in [5, 5.41) is 4.04. The van der Waals surface area contributed by atoms with Crippen molar-refractivity contribution in [1.29, 1.82) is 0 Å². The number of nitrogens with zero attached hydrogens (tertiary/aromatic N) is 2. The van der Waals surface area contributed by atoms with E-state index in [1.54, 1.807) is 11.3 Å². The highest BCUT2D eigenvalue weighted by Crippen LogP contribution is 2.26. The number of fused-ring (bicyclic) bond motifs is 1. The molecule has 0 aliphatic rings. The predicted molar refractivity (Wildman–Crippen MR) is 94.1 cm³/mol. The molecular weight excluding hydrogens is 306 g/mol. The van der Waals surface area contributed by atoms with Crippen LogP contribution in [0.25, 0.3) is 10.2 Å². The van der Waals surface area contributed by atoms with Crippen LogP contribution in [-0.2, 0) is 0 Å². The smallest absolute Gasteiger partial charge is 0.253 e. The average Bonchev–Trinajstić information content (AvgIpc) is 2.96. The molecule has 0 aliphatic heterocycles. The van der Waals surface area contributed by atoms with Gasteiger partial charge >= 0.3 is 0 Å². The van der Waals surface area contributed by atoms with Crippen LogP contribution in [0, 0.1) is 13.8 Å². The summed E-state index contributed by atoms with van der Waals surface area (Å²) in [6.45, 7) is 6.42. The molecule has 4 nitrogen and oxygen atoms in total. The van der Waals surface area contributed by atoms with Crippen LogP contribution in [-0.4, -0.2) is 22.4 Å². The molecule has 1 atom stereocenters. The van der Waals surface area contributed by atoms with Crippen molar-refractivity contribution in [2.75, 3.05) is 6.54 Å². The number of aryl methyl sites for hydroxylation is 2. The number of rotatable bonds is 4. The van der Waals surface area contributed by atoms with E-state index in [9.17, 15) is 4.79 Å². The molecule has 3 rings (SSSR count). The number of benzene rings is 1. The average molecular weight is 325 g/mol. The second kappa shape index (κ2) is 6.46. The minimum atomic E-state index is -0.0806. The van der Waals surface area contributed by atoms with Crippen LogP contribution in [0.1, 0.15) is 39.6 Å². The van der Waals surface area contributed by atoms with E-state index in [1.165, 1.54) is 4.70 Å². The third-order valence-corrected chi connectivity index (χ3v) is 5.04. The molecule has 0 spiro atoms. The Morgan fingerprint density at radius 1 is 1.17 bits per heavy atom. The Kier molecular flexibility index (Phi) is 4.39. The van der Waals surface area contributed by atoms with Crippen molar-refractivity contribution < 1.29 is 4.79 Å². The number of nitrogens with one attached hydrogen (secondary N) is 1. The molecule has 1 aromatic carbocycles. The minimum Gasteiger partial charge on any atom is -0.351 e. The van der Waals surface area contributed by atoms with Gasteiger partial charge in [0.1, 0.15) is 0 Å². The fourth-order valence-electron chi connectivity index (χ4n) is 2.46. The van der Waals surface area contributed by atoms with Gasteiger partial charge in [-0.15, -0.1) is 11.3 Å². The van der Waals surface area contributed by atoms with Crippen LogP contribution in [0.4, 0.5) is 0 Å². The van der Waals surface area contributed by atoms with Gasteiger partial charge in [-0.25, -0.2) is 4.98 Å². The van der Waals surface area contributed by atoms with E-state index in [2.05, 4.69) is 28.3 Å². The lowest BCUT2D eigenvalue weighted by Crippen LogP contribution is -2.28. The first-order valence-electron chi connectivity index (χ1n) is 7.62. The van der Waals surface area contributed by atoms with Gasteiger partial charge in [-0.1, -0.05) is 19.1 Å². The zero-order valence-electron chi connectivity index (χ0n) is 13.5. The van der Waals surface area contributed by atoms with Gasteiger partial charge in [0, 0.05) is 18.2 Å². The lowest BCUT2D eigenvalue weighted by Gasteiger charge is -2.11. The second-order valence-corrected chi connectivity index (χ2v) is 6.78. The maximum absolute atomic E-state index is 12.3. The number of pyridine rings is 1. The first-order valence-corrected chi connectivity index (χ1v) is 8.44. The van der Waals surface area contributed by atoms with Crippen LogP contribution < -0.4 is 5.32 Å². The van der Waals surface area contributed by atoms with E-state index in [-0.39, 0.29) is 11.8 Å². The largest absolute Gasteiger partial charge is 0.351 e. The summed E-state index contributed by atoms with van der Waals surface area (Å²) in [7, 11) is 0. The number of aromatic nitrogens is 2. The van der Waals surface area contributed by atoms with E-state index in [0.29, 0.717) is 12.1 Å². The molecule has 0 fully saturated rings. The molecule has 0 radical (unpaired) electrons. The lowest BCUT2D eigenvalue weighted by atomic mass is 10.1. The maximum atomic E-state index is 12.3. The normalized spacial score (nSPS) is 12.3. The Balaban J connectivity index is 1.68. The van der Waals surface area contributed by atoms with E-state index in [1.807, 2.05) is 44.2 Å². The SMILES string of the molecule is Cc1ccc(C(=O)NCC(C)c2nc3ccccc3s2)c(C)n1. The molecular formula is C18H19N3OS. The van der Waals surface area contributed by atoms with Crippen molar-refractivity contribution in [2.24, 2.45) is 0 Å². The monoisotopic (exact) mass is 325 g/mol. The highest BCUT2D eigenvalue weighted by Gasteiger charge is 2.15. The van der Waals surface area contributed by atoms with Crippen molar-refractivity contribution in [3.63, 3.8) is 0 Å². The van der Waals surface area contributed by atoms with Gasteiger partial charge < -0.3 is 5.32 Å². The zero-order valence-corrected chi connectivity index (χ0v) is 14.3. The molecule has 0 aliphatic carbocycles. The molecule has 3 aromatic rings. The van der Waals surface area contributed by atoms with Crippen molar-refractivity contribution in [1.82, 2.24) is 15.3 Å². The number of thiazole rings is 1. The number of carbonyl (C=O) groups is 1. The molecule has 2 heterocycles. The van der Waals surface area contributed by atoms with Crippen molar-refractivity contribution in [2.45, 2.75) is 26.7 Å². The van der Waals surface area contributed by atoms with Crippen LogP contribution in [0.3, 0.4) is 0 Å². The van der Waals surface area contributed by atoms with Crippen LogP contribution in [0.5, 0.6) is 0 Å². The standard InChI is InChI=1S/C18H19N3OS/c1-11(18-21-15-6-4-5-7-16(15)23-18)10-19-17(22)14-9-8-12(2)20-13(14)3/h4-9,11H,10H2,1-3H3,(H,19,22). The van der Waals surface area contributed by atoms with Gasteiger partial charge in [0.2, 0.25) is 0 Å². The Labute approximate surface area is 139 Å². The molecule has 2 aromatic heterocycles. The first-order chi connectivity index (χ1) is 11.0. The number of amides is 1. The summed E-state index contributed by atoms with van der Waals surface area (Å²) in [4.78, 5) is 21.3. The third-order valence-electron chi connectivity index (χ3n) is 3.77. The Morgan fingerprint density at radius 3 is 2.70 bits per heavy atom. The van der Waals surface area contributed by atoms with E-state index < -0.39 is 0 Å². The number of carbonyl (C=O) groups excluding carboxylic acids is 1. The molecule has 0 saturated heterocycles. The number of hydrogen-bond acceptors (Lipinski definition) is 4. The van der Waals surface area contributed by atoms with Gasteiger partial charge in [-0.05, 0) is 38.1 Å². The van der Waals surface area contributed by atoms with Gasteiger partial charge in [0.25, 0.3) is 5.91 Å². The molecule has 1 N–H and O–H groups in total. The quantitative estimate of drug-likeness (QED) is 0.793. The van der Waals surface area contributed by atoms with Crippen LogP contribution >= 0.6 is 11.3 Å². The Bertz CT molecular complexity index is 823. The summed E-state index contributed by atoms with van der Waals surface area (Å²) in [6.07, 6.45) is 0. The number of para-hydroxylation sites is 1. The summed E-state index contributed by atoms with van der Waals surface area (Å²) in [6, 6.07) is 11.8. The predicted octanol–water partition coefficient (Wildman–Crippen LogP) is 3.84. The van der Waals surface area contributed by atoms with Crippen molar-refractivity contribution >= 4 is 27.5 Å². The molecule has 1 amide bonds. The van der Waals surface area contributed by atoms with Crippen molar-refractivity contribution in [3.8, 4) is 0 Å². The highest BCUT2D eigenvalue weighted by atomic mass is 32.1. The number of hydrogen-bond donors (Lipinski definition) is 1. The maximum Gasteiger partial charge on any atom is 0.253 e. The topological polar surface area (TPSA) is 54.9 Å². The van der Waals surface area contributed by atoms with E-state index >= 15 is 0 Å². The van der Waals surface area contributed by atoms with E-state index in [4.69, 9.17) is 0 Å². The second-order valence-electron chi connectivity index (χ2n) is 5.72. The molecule has 5 heteroatoms.